The lowest BCUT2D eigenvalue weighted by Gasteiger charge is -2.10. The fourth-order valence-corrected chi connectivity index (χ4v) is 1.60. The molecular weight excluding hydrogens is 240 g/mol. The lowest BCUT2D eigenvalue weighted by atomic mass is 10.3. The monoisotopic (exact) mass is 264 g/mol. The molecule has 0 spiro atoms. The van der Waals surface area contributed by atoms with Gasteiger partial charge in [0.1, 0.15) is 5.75 Å². The maximum Gasteiger partial charge on any atom is 0.238 e. The molecule has 4 heteroatoms. The van der Waals surface area contributed by atoms with Crippen LogP contribution in [0.2, 0.25) is 0 Å². The van der Waals surface area contributed by atoms with Gasteiger partial charge in [0.15, 0.2) is 0 Å². The Labute approximate surface area is 115 Å². The number of carbonyl (C=O) groups excluding carboxylic acids is 1. The fraction of sp³-hybridized carbons (Fsp3) is 0.533. The molecule has 0 aromatic heterocycles. The Hall–Kier alpha value is -1.55. The smallest absolute Gasteiger partial charge is 0.238 e. The Bertz CT molecular complexity index is 374. The summed E-state index contributed by atoms with van der Waals surface area (Å²) in [4.78, 5) is 11.6. The minimum Gasteiger partial charge on any atom is -0.491 e. The Kier molecular flexibility index (Phi) is 6.97. The van der Waals surface area contributed by atoms with Crippen molar-refractivity contribution in [2.24, 2.45) is 0 Å². The molecule has 1 aromatic rings. The van der Waals surface area contributed by atoms with E-state index in [1.54, 1.807) is 0 Å². The molecule has 19 heavy (non-hydrogen) atoms. The maximum atomic E-state index is 11.6. The van der Waals surface area contributed by atoms with E-state index in [0.717, 1.165) is 30.8 Å². The van der Waals surface area contributed by atoms with Gasteiger partial charge in [-0.3, -0.25) is 4.79 Å². The summed E-state index contributed by atoms with van der Waals surface area (Å²) in [6.45, 7) is 7.33. The molecule has 1 amide bonds. The third-order valence-electron chi connectivity index (χ3n) is 2.50. The summed E-state index contributed by atoms with van der Waals surface area (Å²) in [6, 6.07) is 7.42. The molecule has 0 radical (unpaired) electrons. The van der Waals surface area contributed by atoms with Crippen molar-refractivity contribution in [2.75, 3.05) is 18.4 Å². The van der Waals surface area contributed by atoms with E-state index >= 15 is 0 Å². The van der Waals surface area contributed by atoms with Crippen molar-refractivity contribution in [2.45, 2.75) is 39.7 Å². The first-order valence-electron chi connectivity index (χ1n) is 6.89. The normalized spacial score (nSPS) is 10.5. The largest absolute Gasteiger partial charge is 0.491 e. The number of hydrogen-bond acceptors (Lipinski definition) is 3. The van der Waals surface area contributed by atoms with Gasteiger partial charge in [-0.05, 0) is 51.1 Å². The molecule has 0 saturated heterocycles. The highest BCUT2D eigenvalue weighted by atomic mass is 16.5. The number of carbonyl (C=O) groups is 1. The summed E-state index contributed by atoms with van der Waals surface area (Å²) in [7, 11) is 0. The van der Waals surface area contributed by atoms with Crippen LogP contribution in [0, 0.1) is 0 Å². The van der Waals surface area contributed by atoms with Gasteiger partial charge in [0.25, 0.3) is 0 Å². The molecule has 0 aliphatic heterocycles. The van der Waals surface area contributed by atoms with Gasteiger partial charge in [0.2, 0.25) is 5.91 Å². The molecule has 0 atom stereocenters. The van der Waals surface area contributed by atoms with Gasteiger partial charge in [0, 0.05) is 5.69 Å². The van der Waals surface area contributed by atoms with E-state index in [4.69, 9.17) is 4.74 Å². The van der Waals surface area contributed by atoms with Gasteiger partial charge in [-0.15, -0.1) is 0 Å². The second-order valence-electron chi connectivity index (χ2n) is 4.77. The summed E-state index contributed by atoms with van der Waals surface area (Å²) in [5.41, 5.74) is 0.790. The standard InChI is InChI=1S/C15H24N2O2/c1-4-5-10-16-11-15(18)17-13-6-8-14(9-7-13)19-12(2)3/h6-9,12,16H,4-5,10-11H2,1-3H3,(H,17,18). The first-order chi connectivity index (χ1) is 9.11. The summed E-state index contributed by atoms with van der Waals surface area (Å²) in [5.74, 6) is 0.794. The summed E-state index contributed by atoms with van der Waals surface area (Å²) in [5, 5.41) is 5.95. The van der Waals surface area contributed by atoms with Crippen LogP contribution in [-0.4, -0.2) is 25.1 Å². The molecule has 0 aliphatic rings. The Morgan fingerprint density at radius 2 is 1.95 bits per heavy atom. The van der Waals surface area contributed by atoms with Gasteiger partial charge in [-0.1, -0.05) is 13.3 Å². The topological polar surface area (TPSA) is 50.4 Å². The van der Waals surface area contributed by atoms with Crippen molar-refractivity contribution in [3.05, 3.63) is 24.3 Å². The number of unbranched alkanes of at least 4 members (excludes halogenated alkanes) is 1. The molecule has 1 aromatic carbocycles. The van der Waals surface area contributed by atoms with Crippen LogP contribution in [0.25, 0.3) is 0 Å². The van der Waals surface area contributed by atoms with Crippen molar-refractivity contribution < 1.29 is 9.53 Å². The molecule has 0 saturated carbocycles. The van der Waals surface area contributed by atoms with Gasteiger partial charge < -0.3 is 15.4 Å². The number of anilines is 1. The second-order valence-corrected chi connectivity index (χ2v) is 4.77. The van der Waals surface area contributed by atoms with Crippen molar-refractivity contribution in [3.63, 3.8) is 0 Å². The lowest BCUT2D eigenvalue weighted by Crippen LogP contribution is -2.28. The first-order valence-corrected chi connectivity index (χ1v) is 6.89. The molecule has 0 fully saturated rings. The third-order valence-corrected chi connectivity index (χ3v) is 2.50. The van der Waals surface area contributed by atoms with Crippen molar-refractivity contribution >= 4 is 11.6 Å². The van der Waals surface area contributed by atoms with E-state index in [1.165, 1.54) is 0 Å². The highest BCUT2D eigenvalue weighted by Gasteiger charge is 2.02. The summed E-state index contributed by atoms with van der Waals surface area (Å²) < 4.78 is 5.54. The zero-order valence-electron chi connectivity index (χ0n) is 12.0. The van der Waals surface area contributed by atoms with Crippen molar-refractivity contribution in [1.29, 1.82) is 0 Å². The number of amides is 1. The molecule has 2 N–H and O–H groups in total. The summed E-state index contributed by atoms with van der Waals surface area (Å²) >= 11 is 0. The number of benzene rings is 1. The van der Waals surface area contributed by atoms with Crippen LogP contribution < -0.4 is 15.4 Å². The molecule has 4 nitrogen and oxygen atoms in total. The SMILES string of the molecule is CCCCNCC(=O)Nc1ccc(OC(C)C)cc1. The number of hydrogen-bond donors (Lipinski definition) is 2. The quantitative estimate of drug-likeness (QED) is 0.710. The van der Waals surface area contributed by atoms with E-state index in [0.29, 0.717) is 6.54 Å². The molecule has 0 aliphatic carbocycles. The highest BCUT2D eigenvalue weighted by Crippen LogP contribution is 2.16. The average Bonchev–Trinajstić information content (AvgIpc) is 2.36. The average molecular weight is 264 g/mol. The van der Waals surface area contributed by atoms with Gasteiger partial charge in [-0.25, -0.2) is 0 Å². The van der Waals surface area contributed by atoms with Crippen LogP contribution in [0.1, 0.15) is 33.6 Å². The Balaban J connectivity index is 2.34. The number of rotatable bonds is 8. The van der Waals surface area contributed by atoms with Crippen molar-refractivity contribution in [1.82, 2.24) is 5.32 Å². The van der Waals surface area contributed by atoms with E-state index in [1.807, 2.05) is 38.1 Å². The zero-order chi connectivity index (χ0) is 14.1. The predicted molar refractivity (Wildman–Crippen MR) is 78.6 cm³/mol. The predicted octanol–water partition coefficient (Wildman–Crippen LogP) is 2.80. The van der Waals surface area contributed by atoms with Gasteiger partial charge >= 0.3 is 0 Å². The van der Waals surface area contributed by atoms with Crippen LogP contribution in [0.4, 0.5) is 5.69 Å². The van der Waals surface area contributed by atoms with Crippen molar-refractivity contribution in [3.8, 4) is 5.75 Å². The summed E-state index contributed by atoms with van der Waals surface area (Å²) in [6.07, 6.45) is 2.38. The molecule has 0 unspecified atom stereocenters. The van der Waals surface area contributed by atoms with Gasteiger partial charge in [-0.2, -0.15) is 0 Å². The van der Waals surface area contributed by atoms with Crippen LogP contribution in [-0.2, 0) is 4.79 Å². The first kappa shape index (κ1) is 15.5. The minimum atomic E-state index is -0.0198. The second kappa shape index (κ2) is 8.53. The van der Waals surface area contributed by atoms with E-state index < -0.39 is 0 Å². The highest BCUT2D eigenvalue weighted by molar-refractivity contribution is 5.92. The Morgan fingerprint density at radius 3 is 2.53 bits per heavy atom. The number of nitrogens with one attached hydrogen (secondary N) is 2. The maximum absolute atomic E-state index is 11.6. The number of ether oxygens (including phenoxy) is 1. The fourth-order valence-electron chi connectivity index (χ4n) is 1.60. The minimum absolute atomic E-state index is 0.0198. The zero-order valence-corrected chi connectivity index (χ0v) is 12.0. The van der Waals surface area contributed by atoms with Gasteiger partial charge in [0.05, 0.1) is 12.6 Å². The van der Waals surface area contributed by atoms with Crippen LogP contribution in [0.5, 0.6) is 5.75 Å². The molecular formula is C15H24N2O2. The van der Waals surface area contributed by atoms with Crippen LogP contribution in [0.3, 0.4) is 0 Å². The molecule has 1 rings (SSSR count). The lowest BCUT2D eigenvalue weighted by molar-refractivity contribution is -0.115. The van der Waals surface area contributed by atoms with Crippen LogP contribution >= 0.6 is 0 Å². The van der Waals surface area contributed by atoms with E-state index in [2.05, 4.69) is 17.6 Å². The van der Waals surface area contributed by atoms with E-state index in [-0.39, 0.29) is 12.0 Å². The van der Waals surface area contributed by atoms with Crippen LogP contribution in [0.15, 0.2) is 24.3 Å². The molecule has 0 heterocycles. The van der Waals surface area contributed by atoms with E-state index in [9.17, 15) is 4.79 Å². The Morgan fingerprint density at radius 1 is 1.26 bits per heavy atom. The third kappa shape index (κ3) is 6.82. The molecule has 106 valence electrons. The molecule has 0 bridgehead atoms.